The van der Waals surface area contributed by atoms with E-state index in [-0.39, 0.29) is 58.7 Å². The van der Waals surface area contributed by atoms with Crippen LogP contribution in [0.1, 0.15) is 81.4 Å². The number of ether oxygens (including phenoxy) is 1. The highest BCUT2D eigenvalue weighted by atomic mass is 32.2. The van der Waals surface area contributed by atoms with E-state index >= 15 is 0 Å². The number of sulfonamides is 1. The molecule has 1 unspecified atom stereocenters. The highest BCUT2D eigenvalue weighted by Crippen LogP contribution is 2.40. The number of pyridine rings is 1. The highest BCUT2D eigenvalue weighted by Gasteiger charge is 2.40. The molecule has 60 heavy (non-hydrogen) atoms. The number of anilines is 2. The summed E-state index contributed by atoms with van der Waals surface area (Å²) in [5, 5.41) is 16.9. The number of imide groups is 1. The SMILES string of the molecule is C[C@@]1(O)CCC[C@H]1n1c(=O)c(C(F)F)cc2cnc(NC3CCN(S(=O)(=O)c4ccc(N5CCN(CCOc6ccc(C7CCC(=O)NC7=O)cc6)CC5)cc4)CC3)nc21. The van der Waals surface area contributed by atoms with Crippen LogP contribution in [-0.4, -0.2) is 113 Å². The first-order valence-electron chi connectivity index (χ1n) is 20.6. The van der Waals surface area contributed by atoms with E-state index in [2.05, 4.69) is 30.4 Å². The maximum absolute atomic E-state index is 13.9. The molecule has 2 aromatic carbocycles. The van der Waals surface area contributed by atoms with E-state index in [4.69, 9.17) is 4.74 Å². The van der Waals surface area contributed by atoms with Gasteiger partial charge in [-0.3, -0.25) is 29.2 Å². The average molecular weight is 849 g/mol. The number of alkyl halides is 2. The molecule has 320 valence electrons. The number of aromatic nitrogens is 3. The van der Waals surface area contributed by atoms with Gasteiger partial charge in [-0.2, -0.15) is 9.29 Å². The van der Waals surface area contributed by atoms with E-state index < -0.39 is 39.2 Å². The van der Waals surface area contributed by atoms with Crippen molar-refractivity contribution < 1.29 is 36.6 Å². The fourth-order valence-corrected chi connectivity index (χ4v) is 10.4. The zero-order chi connectivity index (χ0) is 42.2. The summed E-state index contributed by atoms with van der Waals surface area (Å²) in [5.41, 5.74) is -0.821. The van der Waals surface area contributed by atoms with E-state index in [1.165, 1.54) is 15.1 Å². The van der Waals surface area contributed by atoms with Gasteiger partial charge in [-0.25, -0.2) is 22.2 Å². The Kier molecular flexibility index (Phi) is 11.9. The number of nitrogens with one attached hydrogen (secondary N) is 2. The number of carbonyl (C=O) groups is 2. The number of nitrogens with zero attached hydrogens (tertiary/aromatic N) is 6. The Labute approximate surface area is 346 Å². The van der Waals surface area contributed by atoms with Gasteiger partial charge in [0.05, 0.1) is 28.0 Å². The fourth-order valence-electron chi connectivity index (χ4n) is 8.93. The Hall–Kier alpha value is -5.04. The van der Waals surface area contributed by atoms with Gasteiger partial charge in [-0.15, -0.1) is 0 Å². The molecule has 2 amide bonds. The molecule has 1 saturated carbocycles. The van der Waals surface area contributed by atoms with Crippen LogP contribution in [-0.2, 0) is 19.6 Å². The predicted molar refractivity (Wildman–Crippen MR) is 220 cm³/mol. The Balaban J connectivity index is 0.813. The first kappa shape index (κ1) is 41.7. The molecule has 18 heteroatoms. The van der Waals surface area contributed by atoms with E-state index in [9.17, 15) is 36.7 Å². The molecule has 4 aromatic rings. The quantitative estimate of drug-likeness (QED) is 0.174. The molecule has 0 spiro atoms. The highest BCUT2D eigenvalue weighted by molar-refractivity contribution is 7.89. The molecule has 8 rings (SSSR count). The van der Waals surface area contributed by atoms with E-state index in [1.807, 2.05) is 36.4 Å². The van der Waals surface area contributed by atoms with Crippen LogP contribution in [0.4, 0.5) is 20.4 Å². The van der Waals surface area contributed by atoms with Crippen molar-refractivity contribution >= 4 is 44.5 Å². The van der Waals surface area contributed by atoms with Crippen LogP contribution >= 0.6 is 0 Å². The van der Waals surface area contributed by atoms with E-state index in [1.54, 1.807) is 19.1 Å². The lowest BCUT2D eigenvalue weighted by atomic mass is 9.90. The van der Waals surface area contributed by atoms with Crippen LogP contribution in [0.25, 0.3) is 11.0 Å². The van der Waals surface area contributed by atoms with Gasteiger partial charge < -0.3 is 20.1 Å². The van der Waals surface area contributed by atoms with Gasteiger partial charge in [0.2, 0.25) is 27.8 Å². The lowest BCUT2D eigenvalue weighted by Crippen LogP contribution is -2.47. The molecular weight excluding hydrogens is 799 g/mol. The summed E-state index contributed by atoms with van der Waals surface area (Å²) in [6.45, 7) is 6.61. The number of fused-ring (bicyclic) bond motifs is 1. The summed E-state index contributed by atoms with van der Waals surface area (Å²) in [5.74, 6) is 0.0979. The van der Waals surface area contributed by atoms with Gasteiger partial charge >= 0.3 is 0 Å². The molecule has 5 heterocycles. The standard InChI is InChI=1S/C42H50F2N8O7S/c1-42(56)16-2-3-35(42)52-38-28(25-34(37(43)44)40(52)55)26-45-41(48-38)46-29-14-17-51(18-15-29)60(57,58)32-10-6-30(7-11-32)50-21-19-49(20-22-50)23-24-59-31-8-4-27(5-9-31)33-12-13-36(53)47-39(33)54/h4-11,25-26,29,33,35,37,56H,2-3,12-24H2,1H3,(H,45,46,48)(H,47,53,54)/t33?,35-,42-/m1/s1. The van der Waals surface area contributed by atoms with Gasteiger partial charge in [-0.05, 0) is 93.5 Å². The largest absolute Gasteiger partial charge is 0.492 e. The van der Waals surface area contributed by atoms with Crippen molar-refractivity contribution in [3.63, 3.8) is 0 Å². The number of benzene rings is 2. The van der Waals surface area contributed by atoms with Crippen molar-refractivity contribution in [2.24, 2.45) is 0 Å². The van der Waals surface area contributed by atoms with Gasteiger partial charge in [0.25, 0.3) is 12.0 Å². The zero-order valence-corrected chi connectivity index (χ0v) is 34.3. The summed E-state index contributed by atoms with van der Waals surface area (Å²) in [6, 6.07) is 14.7. The van der Waals surface area contributed by atoms with Gasteiger partial charge in [0.15, 0.2) is 0 Å². The Morgan fingerprint density at radius 1 is 0.967 bits per heavy atom. The lowest BCUT2D eigenvalue weighted by Gasteiger charge is -2.36. The molecule has 0 bridgehead atoms. The smallest absolute Gasteiger partial charge is 0.269 e. The van der Waals surface area contributed by atoms with Crippen molar-refractivity contribution in [1.82, 2.24) is 29.1 Å². The first-order chi connectivity index (χ1) is 28.8. The minimum atomic E-state index is -3.75. The maximum atomic E-state index is 13.9. The van der Waals surface area contributed by atoms with Crippen molar-refractivity contribution in [3.05, 3.63) is 82.3 Å². The van der Waals surface area contributed by atoms with Crippen LogP contribution < -0.4 is 25.8 Å². The second kappa shape index (κ2) is 17.1. The van der Waals surface area contributed by atoms with Gasteiger partial charge in [0.1, 0.15) is 18.0 Å². The number of piperazine rings is 1. The Morgan fingerprint density at radius 2 is 1.68 bits per heavy atom. The molecule has 1 aliphatic carbocycles. The summed E-state index contributed by atoms with van der Waals surface area (Å²) in [6.07, 6.45) is 1.70. The van der Waals surface area contributed by atoms with Crippen LogP contribution in [0, 0.1) is 0 Å². The molecular formula is C42H50F2N8O7S. The minimum Gasteiger partial charge on any atom is -0.492 e. The molecule has 2 aromatic heterocycles. The summed E-state index contributed by atoms with van der Waals surface area (Å²) in [7, 11) is -3.75. The van der Waals surface area contributed by atoms with Gasteiger partial charge in [0, 0.05) is 75.5 Å². The first-order valence-corrected chi connectivity index (χ1v) is 22.0. The maximum Gasteiger partial charge on any atom is 0.269 e. The van der Waals surface area contributed by atoms with Crippen LogP contribution in [0.2, 0.25) is 0 Å². The molecule has 4 aliphatic rings. The number of aliphatic hydroxyl groups is 1. The Morgan fingerprint density at radius 3 is 2.33 bits per heavy atom. The number of piperidine rings is 2. The number of hydrogen-bond acceptors (Lipinski definition) is 12. The molecule has 0 radical (unpaired) electrons. The number of amides is 2. The normalized spacial score (nSPS) is 23.6. The van der Waals surface area contributed by atoms with Crippen molar-refractivity contribution in [1.29, 1.82) is 0 Å². The molecule has 3 N–H and O–H groups in total. The van der Waals surface area contributed by atoms with Crippen LogP contribution in [0.5, 0.6) is 5.75 Å². The second-order valence-corrected chi connectivity index (χ2v) is 18.3. The number of rotatable bonds is 12. The summed E-state index contributed by atoms with van der Waals surface area (Å²) >= 11 is 0. The summed E-state index contributed by atoms with van der Waals surface area (Å²) in [4.78, 5) is 50.6. The average Bonchev–Trinajstić information content (AvgIpc) is 3.59. The monoisotopic (exact) mass is 848 g/mol. The topological polar surface area (TPSA) is 179 Å². The minimum absolute atomic E-state index is 0.165. The molecule has 3 aliphatic heterocycles. The molecule has 15 nitrogen and oxygen atoms in total. The number of halogens is 2. The predicted octanol–water partition coefficient (Wildman–Crippen LogP) is 4.19. The number of carbonyl (C=O) groups excluding carboxylic acids is 2. The lowest BCUT2D eigenvalue weighted by molar-refractivity contribution is -0.134. The van der Waals surface area contributed by atoms with Crippen LogP contribution in [0.15, 0.2) is 70.5 Å². The summed E-state index contributed by atoms with van der Waals surface area (Å²) < 4.78 is 63.7. The molecule has 4 fully saturated rings. The van der Waals surface area contributed by atoms with E-state index in [0.717, 1.165) is 55.8 Å². The van der Waals surface area contributed by atoms with Crippen molar-refractivity contribution in [2.75, 3.05) is 62.6 Å². The number of hydrogen-bond donors (Lipinski definition) is 3. The molecule has 3 saturated heterocycles. The Bertz CT molecular complexity index is 2380. The third kappa shape index (κ3) is 8.73. The van der Waals surface area contributed by atoms with Crippen molar-refractivity contribution in [2.45, 2.75) is 86.8 Å². The van der Waals surface area contributed by atoms with Crippen LogP contribution in [0.3, 0.4) is 0 Å². The zero-order valence-electron chi connectivity index (χ0n) is 33.4. The second-order valence-electron chi connectivity index (χ2n) is 16.4. The van der Waals surface area contributed by atoms with E-state index in [0.29, 0.717) is 51.6 Å². The van der Waals surface area contributed by atoms with Gasteiger partial charge in [-0.1, -0.05) is 12.1 Å². The fraction of sp³-hybridized carbons (Fsp3) is 0.500. The van der Waals surface area contributed by atoms with Crippen molar-refractivity contribution in [3.8, 4) is 5.75 Å². The third-order valence-corrected chi connectivity index (χ3v) is 14.3. The third-order valence-electron chi connectivity index (χ3n) is 12.4. The molecule has 3 atom stereocenters.